The lowest BCUT2D eigenvalue weighted by Crippen LogP contribution is -2.50. The summed E-state index contributed by atoms with van der Waals surface area (Å²) in [6, 6.07) is -0.0858. The van der Waals surface area contributed by atoms with Crippen LogP contribution in [0.15, 0.2) is 5.38 Å². The third-order valence-corrected chi connectivity index (χ3v) is 5.07. The first-order valence-electron chi connectivity index (χ1n) is 7.71. The van der Waals surface area contributed by atoms with Crippen molar-refractivity contribution in [3.05, 3.63) is 16.1 Å². The van der Waals surface area contributed by atoms with Crippen LogP contribution in [0.3, 0.4) is 0 Å². The van der Waals surface area contributed by atoms with Crippen molar-refractivity contribution in [1.82, 2.24) is 9.88 Å². The van der Waals surface area contributed by atoms with E-state index in [4.69, 9.17) is 10.7 Å². The molecule has 2 atom stereocenters. The highest BCUT2D eigenvalue weighted by molar-refractivity contribution is 7.09. The molecule has 0 bridgehead atoms. The van der Waals surface area contributed by atoms with E-state index >= 15 is 0 Å². The van der Waals surface area contributed by atoms with Crippen molar-refractivity contribution in [2.75, 3.05) is 6.54 Å². The van der Waals surface area contributed by atoms with E-state index in [0.717, 1.165) is 23.7 Å². The summed E-state index contributed by atoms with van der Waals surface area (Å²) in [6.45, 7) is 11.5. The molecule has 0 aromatic carbocycles. The molecular formula is C16H27N3OS. The van der Waals surface area contributed by atoms with Gasteiger partial charge in [-0.15, -0.1) is 11.3 Å². The zero-order chi connectivity index (χ0) is 15.8. The average molecular weight is 309 g/mol. The molecule has 1 aliphatic rings. The molecule has 0 saturated carbocycles. The van der Waals surface area contributed by atoms with Crippen LogP contribution in [0, 0.1) is 5.92 Å². The molecule has 21 heavy (non-hydrogen) atoms. The van der Waals surface area contributed by atoms with Crippen LogP contribution in [-0.4, -0.2) is 28.4 Å². The second-order valence-corrected chi connectivity index (χ2v) is 8.27. The summed E-state index contributed by atoms with van der Waals surface area (Å²) in [5.41, 5.74) is 7.33. The Morgan fingerprint density at radius 1 is 1.48 bits per heavy atom. The summed E-state index contributed by atoms with van der Waals surface area (Å²) < 4.78 is 0. The molecule has 1 saturated heterocycles. The third kappa shape index (κ3) is 3.64. The summed E-state index contributed by atoms with van der Waals surface area (Å²) in [7, 11) is 0. The van der Waals surface area contributed by atoms with E-state index in [1.165, 1.54) is 0 Å². The standard InChI is InChI=1S/C16H27N3OS/c1-10(2)8-19-13(20)7-6-11(17)14(19)12-9-21-15(18-12)16(3,4)5/h9-11,14H,6-8,17H2,1-5H3. The van der Waals surface area contributed by atoms with Crippen LogP contribution < -0.4 is 5.73 Å². The molecule has 0 spiro atoms. The number of carbonyl (C=O) groups is 1. The van der Waals surface area contributed by atoms with Crippen molar-refractivity contribution in [3.63, 3.8) is 0 Å². The van der Waals surface area contributed by atoms with Crippen molar-refractivity contribution >= 4 is 17.2 Å². The quantitative estimate of drug-likeness (QED) is 0.933. The van der Waals surface area contributed by atoms with Crippen molar-refractivity contribution in [1.29, 1.82) is 0 Å². The molecule has 1 fully saturated rings. The maximum atomic E-state index is 12.3. The predicted octanol–water partition coefficient (Wildman–Crippen LogP) is 3.09. The Hall–Kier alpha value is -0.940. The Balaban J connectivity index is 2.32. The number of thiazole rings is 1. The molecule has 0 aliphatic carbocycles. The van der Waals surface area contributed by atoms with Gasteiger partial charge in [-0.05, 0) is 12.3 Å². The van der Waals surface area contributed by atoms with Crippen LogP contribution in [0.2, 0.25) is 0 Å². The summed E-state index contributed by atoms with van der Waals surface area (Å²) in [4.78, 5) is 19.0. The van der Waals surface area contributed by atoms with Gasteiger partial charge in [0.15, 0.2) is 0 Å². The smallest absolute Gasteiger partial charge is 0.223 e. The molecule has 5 heteroatoms. The number of carbonyl (C=O) groups excluding carboxylic acids is 1. The second kappa shape index (κ2) is 6.05. The predicted molar refractivity (Wildman–Crippen MR) is 87.3 cm³/mol. The zero-order valence-electron chi connectivity index (χ0n) is 13.7. The van der Waals surface area contributed by atoms with E-state index in [1.807, 2.05) is 4.90 Å². The minimum absolute atomic E-state index is 0.0173. The largest absolute Gasteiger partial charge is 0.332 e. The first kappa shape index (κ1) is 16.4. The normalized spacial score (nSPS) is 24.0. The molecule has 2 heterocycles. The van der Waals surface area contributed by atoms with Gasteiger partial charge in [0.25, 0.3) is 0 Å². The number of hydrogen-bond acceptors (Lipinski definition) is 4. The first-order valence-corrected chi connectivity index (χ1v) is 8.59. The SMILES string of the molecule is CC(C)CN1C(=O)CCC(N)C1c1csc(C(C)(C)C)n1. The summed E-state index contributed by atoms with van der Waals surface area (Å²) >= 11 is 1.67. The van der Waals surface area contributed by atoms with Crippen LogP contribution in [-0.2, 0) is 10.2 Å². The maximum absolute atomic E-state index is 12.3. The van der Waals surface area contributed by atoms with Gasteiger partial charge < -0.3 is 10.6 Å². The summed E-state index contributed by atoms with van der Waals surface area (Å²) in [5, 5.41) is 3.18. The fourth-order valence-corrected chi connectivity index (χ4v) is 3.67. The molecule has 1 amide bonds. The van der Waals surface area contributed by atoms with Gasteiger partial charge in [0.1, 0.15) is 0 Å². The number of likely N-dealkylation sites (tertiary alicyclic amines) is 1. The van der Waals surface area contributed by atoms with E-state index in [9.17, 15) is 4.79 Å². The number of nitrogens with two attached hydrogens (primary N) is 1. The lowest BCUT2D eigenvalue weighted by Gasteiger charge is -2.39. The molecule has 118 valence electrons. The van der Waals surface area contributed by atoms with Gasteiger partial charge in [-0.2, -0.15) is 0 Å². The fourth-order valence-electron chi connectivity index (χ4n) is 2.73. The van der Waals surface area contributed by atoms with Gasteiger partial charge in [-0.25, -0.2) is 4.98 Å². The van der Waals surface area contributed by atoms with Crippen LogP contribution in [0.5, 0.6) is 0 Å². The third-order valence-electron chi connectivity index (χ3n) is 3.78. The van der Waals surface area contributed by atoms with Crippen molar-refractivity contribution in [2.45, 2.75) is 65.0 Å². The Bertz CT molecular complexity index is 504. The van der Waals surface area contributed by atoms with Crippen LogP contribution in [0.25, 0.3) is 0 Å². The van der Waals surface area contributed by atoms with E-state index in [-0.39, 0.29) is 23.4 Å². The molecule has 2 N–H and O–H groups in total. The summed E-state index contributed by atoms with van der Waals surface area (Å²) in [5.74, 6) is 0.642. The van der Waals surface area contributed by atoms with Crippen molar-refractivity contribution in [2.24, 2.45) is 11.7 Å². The Kier molecular flexibility index (Phi) is 4.73. The molecule has 2 unspecified atom stereocenters. The minimum Gasteiger partial charge on any atom is -0.332 e. The Labute approximate surface area is 131 Å². The summed E-state index contributed by atoms with van der Waals surface area (Å²) in [6.07, 6.45) is 1.31. The van der Waals surface area contributed by atoms with E-state index in [0.29, 0.717) is 12.3 Å². The highest BCUT2D eigenvalue weighted by Crippen LogP contribution is 2.34. The minimum atomic E-state index is -0.0685. The van der Waals surface area contributed by atoms with Crippen LogP contribution in [0.4, 0.5) is 0 Å². The van der Waals surface area contributed by atoms with Gasteiger partial charge in [-0.1, -0.05) is 34.6 Å². The lowest BCUT2D eigenvalue weighted by atomic mass is 9.93. The number of hydrogen-bond donors (Lipinski definition) is 1. The van der Waals surface area contributed by atoms with Gasteiger partial charge in [0, 0.05) is 29.8 Å². The van der Waals surface area contributed by atoms with Crippen LogP contribution in [0.1, 0.15) is 64.2 Å². The zero-order valence-corrected chi connectivity index (χ0v) is 14.5. The second-order valence-electron chi connectivity index (χ2n) is 7.41. The fraction of sp³-hybridized carbons (Fsp3) is 0.750. The molecule has 2 rings (SSSR count). The lowest BCUT2D eigenvalue weighted by molar-refractivity contribution is -0.138. The topological polar surface area (TPSA) is 59.2 Å². The van der Waals surface area contributed by atoms with Crippen molar-refractivity contribution in [3.8, 4) is 0 Å². The average Bonchev–Trinajstić information content (AvgIpc) is 2.82. The van der Waals surface area contributed by atoms with Gasteiger partial charge >= 0.3 is 0 Å². The molecule has 0 radical (unpaired) electrons. The highest BCUT2D eigenvalue weighted by atomic mass is 32.1. The van der Waals surface area contributed by atoms with E-state index in [2.05, 4.69) is 40.0 Å². The maximum Gasteiger partial charge on any atom is 0.223 e. The number of aromatic nitrogens is 1. The number of amides is 1. The first-order chi connectivity index (χ1) is 9.70. The number of nitrogens with zero attached hydrogens (tertiary/aromatic N) is 2. The van der Waals surface area contributed by atoms with Crippen LogP contribution >= 0.6 is 11.3 Å². The van der Waals surface area contributed by atoms with Gasteiger partial charge in [0.2, 0.25) is 5.91 Å². The molecule has 1 aliphatic heterocycles. The number of piperidine rings is 1. The molecular weight excluding hydrogens is 282 g/mol. The van der Waals surface area contributed by atoms with Crippen molar-refractivity contribution < 1.29 is 4.79 Å². The van der Waals surface area contributed by atoms with Gasteiger partial charge in [-0.3, -0.25) is 4.79 Å². The number of rotatable bonds is 3. The van der Waals surface area contributed by atoms with Gasteiger partial charge in [0.05, 0.1) is 16.7 Å². The monoisotopic (exact) mass is 309 g/mol. The Morgan fingerprint density at radius 3 is 2.67 bits per heavy atom. The molecule has 4 nitrogen and oxygen atoms in total. The van der Waals surface area contributed by atoms with E-state index in [1.54, 1.807) is 11.3 Å². The highest BCUT2D eigenvalue weighted by Gasteiger charge is 2.37. The molecule has 1 aromatic heterocycles. The van der Waals surface area contributed by atoms with E-state index < -0.39 is 0 Å². The Morgan fingerprint density at radius 2 is 2.14 bits per heavy atom. The molecule has 1 aromatic rings.